The smallest absolute Gasteiger partial charge is 0.223 e. The number of aromatic nitrogens is 1. The first-order valence-corrected chi connectivity index (χ1v) is 6.05. The van der Waals surface area contributed by atoms with Crippen molar-refractivity contribution in [1.29, 1.82) is 0 Å². The minimum absolute atomic E-state index is 0.0201. The van der Waals surface area contributed by atoms with Gasteiger partial charge in [-0.25, -0.2) is 0 Å². The Kier molecular flexibility index (Phi) is 6.98. The van der Waals surface area contributed by atoms with Crippen molar-refractivity contribution in [3.8, 4) is 0 Å². The summed E-state index contributed by atoms with van der Waals surface area (Å²) in [6.07, 6.45) is 2.56. The summed E-state index contributed by atoms with van der Waals surface area (Å²) in [5.74, 6) is 0.0201. The topological polar surface area (TPSA) is 62.7 Å². The molecule has 1 N–H and O–H groups in total. The van der Waals surface area contributed by atoms with Crippen molar-refractivity contribution in [1.82, 2.24) is 9.88 Å². The van der Waals surface area contributed by atoms with Crippen LogP contribution in [-0.2, 0) is 16.1 Å². The Morgan fingerprint density at radius 2 is 2.33 bits per heavy atom. The number of rotatable bonds is 8. The minimum atomic E-state index is 0.0201. The highest BCUT2D eigenvalue weighted by Gasteiger charge is 2.13. The SMILES string of the molecule is COCCN(Cc1ccccn1)C(=O)CCCO. The Bertz CT molecular complexity index is 343. The van der Waals surface area contributed by atoms with Gasteiger partial charge in [-0.3, -0.25) is 9.78 Å². The molecule has 1 rings (SSSR count). The maximum absolute atomic E-state index is 11.9. The number of amides is 1. The van der Waals surface area contributed by atoms with Crippen LogP contribution in [0.1, 0.15) is 18.5 Å². The highest BCUT2D eigenvalue weighted by atomic mass is 16.5. The van der Waals surface area contributed by atoms with Crippen molar-refractivity contribution in [2.24, 2.45) is 0 Å². The van der Waals surface area contributed by atoms with Crippen LogP contribution in [0, 0.1) is 0 Å². The van der Waals surface area contributed by atoms with Gasteiger partial charge in [-0.15, -0.1) is 0 Å². The number of hydrogen-bond acceptors (Lipinski definition) is 4. The van der Waals surface area contributed by atoms with E-state index in [2.05, 4.69) is 4.98 Å². The highest BCUT2D eigenvalue weighted by molar-refractivity contribution is 5.76. The summed E-state index contributed by atoms with van der Waals surface area (Å²) in [6, 6.07) is 5.63. The average molecular weight is 252 g/mol. The van der Waals surface area contributed by atoms with Crippen LogP contribution in [0.5, 0.6) is 0 Å². The molecule has 100 valence electrons. The van der Waals surface area contributed by atoms with E-state index in [1.807, 2.05) is 18.2 Å². The third kappa shape index (κ3) is 5.25. The Labute approximate surface area is 107 Å². The summed E-state index contributed by atoms with van der Waals surface area (Å²) in [5, 5.41) is 8.75. The first-order valence-electron chi connectivity index (χ1n) is 6.05. The lowest BCUT2D eigenvalue weighted by Gasteiger charge is -2.22. The largest absolute Gasteiger partial charge is 0.396 e. The Balaban J connectivity index is 2.57. The molecule has 0 saturated carbocycles. The van der Waals surface area contributed by atoms with Crippen LogP contribution < -0.4 is 0 Å². The molecule has 0 fully saturated rings. The lowest BCUT2D eigenvalue weighted by Crippen LogP contribution is -2.33. The van der Waals surface area contributed by atoms with Gasteiger partial charge in [0.25, 0.3) is 0 Å². The van der Waals surface area contributed by atoms with E-state index in [-0.39, 0.29) is 12.5 Å². The molecule has 18 heavy (non-hydrogen) atoms. The molecule has 1 aromatic heterocycles. The zero-order chi connectivity index (χ0) is 13.2. The van der Waals surface area contributed by atoms with Crippen molar-refractivity contribution in [3.05, 3.63) is 30.1 Å². The van der Waals surface area contributed by atoms with Crippen LogP contribution in [0.3, 0.4) is 0 Å². The molecule has 0 spiro atoms. The fourth-order valence-corrected chi connectivity index (χ4v) is 1.57. The van der Waals surface area contributed by atoms with Crippen molar-refractivity contribution >= 4 is 5.91 Å². The Morgan fingerprint density at radius 3 is 2.94 bits per heavy atom. The van der Waals surface area contributed by atoms with Gasteiger partial charge in [0.2, 0.25) is 5.91 Å². The van der Waals surface area contributed by atoms with Gasteiger partial charge in [0, 0.05) is 32.9 Å². The molecule has 0 radical (unpaired) electrons. The number of pyridine rings is 1. The second kappa shape index (κ2) is 8.60. The summed E-state index contributed by atoms with van der Waals surface area (Å²) in [6.45, 7) is 1.55. The highest BCUT2D eigenvalue weighted by Crippen LogP contribution is 2.04. The van der Waals surface area contributed by atoms with Crippen LogP contribution >= 0.6 is 0 Å². The third-order valence-corrected chi connectivity index (χ3v) is 2.55. The van der Waals surface area contributed by atoms with E-state index >= 15 is 0 Å². The number of carbonyl (C=O) groups excluding carboxylic acids is 1. The number of carbonyl (C=O) groups is 1. The van der Waals surface area contributed by atoms with Gasteiger partial charge in [-0.2, -0.15) is 0 Å². The van der Waals surface area contributed by atoms with Gasteiger partial charge in [0.15, 0.2) is 0 Å². The molecule has 0 aromatic carbocycles. The van der Waals surface area contributed by atoms with Crippen LogP contribution in [-0.4, -0.2) is 47.8 Å². The predicted octanol–water partition coefficient (Wildman–Crippen LogP) is 0.829. The molecule has 0 aliphatic carbocycles. The second-order valence-electron chi connectivity index (χ2n) is 3.96. The molecule has 0 bridgehead atoms. The van der Waals surface area contributed by atoms with Crippen molar-refractivity contribution in [3.63, 3.8) is 0 Å². The molecule has 0 aliphatic rings. The lowest BCUT2D eigenvalue weighted by molar-refractivity contribution is -0.132. The molecule has 5 heteroatoms. The van der Waals surface area contributed by atoms with Crippen LogP contribution in [0.2, 0.25) is 0 Å². The zero-order valence-corrected chi connectivity index (χ0v) is 10.7. The fourth-order valence-electron chi connectivity index (χ4n) is 1.57. The van der Waals surface area contributed by atoms with E-state index in [0.717, 1.165) is 5.69 Å². The molecule has 0 aliphatic heterocycles. The van der Waals surface area contributed by atoms with Gasteiger partial charge in [0.05, 0.1) is 18.8 Å². The van der Waals surface area contributed by atoms with Gasteiger partial charge in [0.1, 0.15) is 0 Å². The van der Waals surface area contributed by atoms with Gasteiger partial charge >= 0.3 is 0 Å². The Morgan fingerprint density at radius 1 is 1.50 bits per heavy atom. The molecule has 1 amide bonds. The molecular weight excluding hydrogens is 232 g/mol. The molecule has 0 atom stereocenters. The van der Waals surface area contributed by atoms with E-state index in [0.29, 0.717) is 32.5 Å². The number of hydrogen-bond donors (Lipinski definition) is 1. The molecule has 0 saturated heterocycles. The molecule has 1 aromatic rings. The minimum Gasteiger partial charge on any atom is -0.396 e. The first-order chi connectivity index (χ1) is 8.77. The summed E-state index contributed by atoms with van der Waals surface area (Å²) in [4.78, 5) is 17.9. The molecule has 0 unspecified atom stereocenters. The number of methoxy groups -OCH3 is 1. The van der Waals surface area contributed by atoms with Gasteiger partial charge in [-0.1, -0.05) is 6.07 Å². The summed E-state index contributed by atoms with van der Waals surface area (Å²) in [7, 11) is 1.61. The predicted molar refractivity (Wildman–Crippen MR) is 67.8 cm³/mol. The van der Waals surface area contributed by atoms with E-state index in [1.54, 1.807) is 18.2 Å². The van der Waals surface area contributed by atoms with E-state index in [4.69, 9.17) is 9.84 Å². The summed E-state index contributed by atoms with van der Waals surface area (Å²) < 4.78 is 5.00. The summed E-state index contributed by atoms with van der Waals surface area (Å²) >= 11 is 0. The van der Waals surface area contributed by atoms with E-state index in [9.17, 15) is 4.79 Å². The maximum atomic E-state index is 11.9. The monoisotopic (exact) mass is 252 g/mol. The number of nitrogens with zero attached hydrogens (tertiary/aromatic N) is 2. The van der Waals surface area contributed by atoms with E-state index < -0.39 is 0 Å². The first kappa shape index (κ1) is 14.6. The fraction of sp³-hybridized carbons (Fsp3) is 0.538. The number of aliphatic hydroxyl groups is 1. The second-order valence-corrected chi connectivity index (χ2v) is 3.96. The average Bonchev–Trinajstić information content (AvgIpc) is 2.42. The Hall–Kier alpha value is -1.46. The molecule has 1 heterocycles. The van der Waals surface area contributed by atoms with Gasteiger partial charge < -0.3 is 14.7 Å². The van der Waals surface area contributed by atoms with Gasteiger partial charge in [-0.05, 0) is 18.6 Å². The van der Waals surface area contributed by atoms with Crippen LogP contribution in [0.15, 0.2) is 24.4 Å². The standard InChI is InChI=1S/C13H20N2O3/c1-18-10-8-15(13(17)6-4-9-16)11-12-5-2-3-7-14-12/h2-3,5,7,16H,4,6,8-11H2,1H3. The maximum Gasteiger partial charge on any atom is 0.223 e. The van der Waals surface area contributed by atoms with Crippen molar-refractivity contribution in [2.75, 3.05) is 26.9 Å². The normalized spacial score (nSPS) is 10.3. The van der Waals surface area contributed by atoms with Crippen LogP contribution in [0.4, 0.5) is 0 Å². The lowest BCUT2D eigenvalue weighted by atomic mass is 10.2. The quantitative estimate of drug-likeness (QED) is 0.744. The molecule has 5 nitrogen and oxygen atoms in total. The molecular formula is C13H20N2O3. The number of aliphatic hydroxyl groups excluding tert-OH is 1. The zero-order valence-electron chi connectivity index (χ0n) is 10.7. The number of ether oxygens (including phenoxy) is 1. The third-order valence-electron chi connectivity index (χ3n) is 2.55. The summed E-state index contributed by atoms with van der Waals surface area (Å²) in [5.41, 5.74) is 0.853. The van der Waals surface area contributed by atoms with E-state index in [1.165, 1.54) is 0 Å². The van der Waals surface area contributed by atoms with Crippen LogP contribution in [0.25, 0.3) is 0 Å². The van der Waals surface area contributed by atoms with Crippen molar-refractivity contribution in [2.45, 2.75) is 19.4 Å². The van der Waals surface area contributed by atoms with Crippen molar-refractivity contribution < 1.29 is 14.6 Å².